The number of likely N-dealkylation sites (tertiary alicyclic amines) is 1. The molecule has 1 aromatic rings. The highest BCUT2D eigenvalue weighted by molar-refractivity contribution is 6.32. The first kappa shape index (κ1) is 14.9. The van der Waals surface area contributed by atoms with E-state index in [2.05, 4.69) is 14.9 Å². The molecule has 17 heavy (non-hydrogen) atoms. The number of rotatable bonds is 2. The van der Waals surface area contributed by atoms with E-state index in [1.54, 1.807) is 6.20 Å². The second-order valence-electron chi connectivity index (χ2n) is 4.09. The van der Waals surface area contributed by atoms with Crippen molar-refractivity contribution in [3.8, 4) is 0 Å². The van der Waals surface area contributed by atoms with Crippen LogP contribution in [0.2, 0.25) is 10.4 Å². The minimum Gasteiger partial charge on any atom is -0.327 e. The molecule has 2 heterocycles. The van der Waals surface area contributed by atoms with E-state index in [4.69, 9.17) is 28.9 Å². The number of piperidine rings is 1. The predicted octanol–water partition coefficient (Wildman–Crippen LogP) is 2.13. The molecule has 7 heteroatoms. The molecule has 1 aliphatic rings. The van der Waals surface area contributed by atoms with Crippen LogP contribution in [0.25, 0.3) is 0 Å². The smallest absolute Gasteiger partial charge is 0.223 e. The third-order valence-corrected chi connectivity index (χ3v) is 3.23. The van der Waals surface area contributed by atoms with Crippen LogP contribution >= 0.6 is 35.6 Å². The van der Waals surface area contributed by atoms with Crippen LogP contribution < -0.4 is 5.73 Å². The Morgan fingerprint density at radius 2 is 2.24 bits per heavy atom. The van der Waals surface area contributed by atoms with Crippen molar-refractivity contribution in [3.63, 3.8) is 0 Å². The van der Waals surface area contributed by atoms with Crippen LogP contribution in [0.3, 0.4) is 0 Å². The van der Waals surface area contributed by atoms with Gasteiger partial charge < -0.3 is 5.73 Å². The zero-order chi connectivity index (χ0) is 11.5. The molecule has 1 atom stereocenters. The average Bonchev–Trinajstić information content (AvgIpc) is 2.22. The van der Waals surface area contributed by atoms with Gasteiger partial charge >= 0.3 is 0 Å². The molecule has 1 unspecified atom stereocenters. The van der Waals surface area contributed by atoms with Gasteiger partial charge in [-0.2, -0.15) is 0 Å². The van der Waals surface area contributed by atoms with Crippen molar-refractivity contribution < 1.29 is 0 Å². The van der Waals surface area contributed by atoms with Gasteiger partial charge in [-0.25, -0.2) is 9.97 Å². The second kappa shape index (κ2) is 6.71. The van der Waals surface area contributed by atoms with Gasteiger partial charge in [0.25, 0.3) is 0 Å². The van der Waals surface area contributed by atoms with Gasteiger partial charge in [0.05, 0.1) is 0 Å². The molecule has 0 bridgehead atoms. The third kappa shape index (κ3) is 4.23. The highest BCUT2D eigenvalue weighted by Crippen LogP contribution is 2.18. The Bertz CT molecular complexity index is 375. The fraction of sp³-hybridized carbons (Fsp3) is 0.600. The summed E-state index contributed by atoms with van der Waals surface area (Å²) >= 11 is 11.6. The second-order valence-corrected chi connectivity index (χ2v) is 4.79. The fourth-order valence-corrected chi connectivity index (χ4v) is 2.31. The fourth-order valence-electron chi connectivity index (χ4n) is 1.95. The van der Waals surface area contributed by atoms with Gasteiger partial charge in [0.1, 0.15) is 5.15 Å². The van der Waals surface area contributed by atoms with E-state index >= 15 is 0 Å². The van der Waals surface area contributed by atoms with E-state index in [1.807, 2.05) is 0 Å². The van der Waals surface area contributed by atoms with Gasteiger partial charge in [0.15, 0.2) is 0 Å². The quantitative estimate of drug-likeness (QED) is 0.671. The van der Waals surface area contributed by atoms with Crippen LogP contribution in [0.1, 0.15) is 18.4 Å². The van der Waals surface area contributed by atoms with Crippen LogP contribution in [0.15, 0.2) is 6.20 Å². The van der Waals surface area contributed by atoms with E-state index in [0.717, 1.165) is 38.0 Å². The summed E-state index contributed by atoms with van der Waals surface area (Å²) < 4.78 is 0. The third-order valence-electron chi connectivity index (χ3n) is 2.72. The van der Waals surface area contributed by atoms with E-state index in [-0.39, 0.29) is 23.7 Å². The topological polar surface area (TPSA) is 55.0 Å². The first-order chi connectivity index (χ1) is 7.65. The lowest BCUT2D eigenvalue weighted by molar-refractivity contribution is 0.201. The number of hydrogen-bond acceptors (Lipinski definition) is 4. The number of nitrogens with two attached hydrogens (primary N) is 1. The maximum absolute atomic E-state index is 5.99. The monoisotopic (exact) mass is 296 g/mol. The number of aromatic nitrogens is 2. The van der Waals surface area contributed by atoms with Crippen molar-refractivity contribution in [1.29, 1.82) is 0 Å². The molecule has 0 radical (unpaired) electrons. The Hall–Kier alpha value is -0.130. The lowest BCUT2D eigenvalue weighted by atomic mass is 10.1. The van der Waals surface area contributed by atoms with Crippen molar-refractivity contribution in [1.82, 2.24) is 14.9 Å². The molecule has 0 amide bonds. The Labute approximate surface area is 117 Å². The molecule has 2 N–H and O–H groups in total. The standard InChI is InChI=1S/C10H14Cl2N4.ClH/c11-9-7(4-14-10(12)15-9)5-16-3-1-2-8(13)6-16;/h4,8H,1-3,5-6,13H2;1H. The summed E-state index contributed by atoms with van der Waals surface area (Å²) in [6, 6.07) is 0.265. The summed E-state index contributed by atoms with van der Waals surface area (Å²) in [4.78, 5) is 10.1. The van der Waals surface area contributed by atoms with Crippen LogP contribution in [-0.2, 0) is 6.54 Å². The van der Waals surface area contributed by atoms with Crippen molar-refractivity contribution in [2.75, 3.05) is 13.1 Å². The molecule has 1 aromatic heterocycles. The van der Waals surface area contributed by atoms with Gasteiger partial charge in [0, 0.05) is 30.9 Å². The normalized spacial score (nSPS) is 21.0. The minimum absolute atomic E-state index is 0. The summed E-state index contributed by atoms with van der Waals surface area (Å²) in [5, 5.41) is 0.614. The van der Waals surface area contributed by atoms with Gasteiger partial charge in [-0.05, 0) is 31.0 Å². The molecule has 0 aliphatic carbocycles. The van der Waals surface area contributed by atoms with Gasteiger partial charge in [-0.3, -0.25) is 4.90 Å². The number of hydrogen-bond donors (Lipinski definition) is 1. The van der Waals surface area contributed by atoms with E-state index in [9.17, 15) is 0 Å². The highest BCUT2D eigenvalue weighted by Gasteiger charge is 2.18. The summed E-state index contributed by atoms with van der Waals surface area (Å²) in [5.74, 6) is 0. The Morgan fingerprint density at radius 3 is 2.88 bits per heavy atom. The van der Waals surface area contributed by atoms with Gasteiger partial charge in [-0.15, -0.1) is 12.4 Å². The summed E-state index contributed by atoms with van der Waals surface area (Å²) in [6.07, 6.45) is 3.91. The van der Waals surface area contributed by atoms with Crippen LogP contribution in [0.4, 0.5) is 0 Å². The Balaban J connectivity index is 0.00000144. The van der Waals surface area contributed by atoms with Gasteiger partial charge in [0.2, 0.25) is 5.28 Å². The Morgan fingerprint density at radius 1 is 1.47 bits per heavy atom. The maximum atomic E-state index is 5.99. The van der Waals surface area contributed by atoms with E-state index in [0.29, 0.717) is 5.15 Å². The molecule has 4 nitrogen and oxygen atoms in total. The predicted molar refractivity (Wildman–Crippen MR) is 71.8 cm³/mol. The van der Waals surface area contributed by atoms with Crippen molar-refractivity contribution in [2.24, 2.45) is 5.73 Å². The molecular weight excluding hydrogens is 282 g/mol. The highest BCUT2D eigenvalue weighted by atomic mass is 35.5. The molecule has 0 spiro atoms. The molecule has 96 valence electrons. The molecule has 0 aromatic carbocycles. The number of nitrogens with zero attached hydrogens (tertiary/aromatic N) is 3. The lowest BCUT2D eigenvalue weighted by Crippen LogP contribution is -2.42. The SMILES string of the molecule is Cl.NC1CCCN(Cc2cnc(Cl)nc2Cl)C1. The summed E-state index contributed by atoms with van der Waals surface area (Å²) in [5.41, 5.74) is 6.82. The largest absolute Gasteiger partial charge is 0.327 e. The maximum Gasteiger partial charge on any atom is 0.223 e. The van der Waals surface area contributed by atoms with E-state index in [1.165, 1.54) is 0 Å². The van der Waals surface area contributed by atoms with Crippen LogP contribution in [-0.4, -0.2) is 34.0 Å². The molecule has 1 saturated heterocycles. The van der Waals surface area contributed by atoms with E-state index < -0.39 is 0 Å². The van der Waals surface area contributed by atoms with Gasteiger partial charge in [-0.1, -0.05) is 11.6 Å². The number of halogens is 3. The summed E-state index contributed by atoms with van der Waals surface area (Å²) in [6.45, 7) is 2.69. The van der Waals surface area contributed by atoms with Crippen molar-refractivity contribution >= 4 is 35.6 Å². The zero-order valence-electron chi connectivity index (χ0n) is 9.27. The molecule has 1 fully saturated rings. The first-order valence-corrected chi connectivity index (χ1v) is 6.05. The summed E-state index contributed by atoms with van der Waals surface area (Å²) in [7, 11) is 0. The molecule has 2 rings (SSSR count). The molecular formula is C10H15Cl3N4. The molecule has 1 aliphatic heterocycles. The zero-order valence-corrected chi connectivity index (χ0v) is 11.6. The molecule has 0 saturated carbocycles. The van der Waals surface area contributed by atoms with Crippen molar-refractivity contribution in [3.05, 3.63) is 22.2 Å². The van der Waals surface area contributed by atoms with Crippen molar-refractivity contribution in [2.45, 2.75) is 25.4 Å². The van der Waals surface area contributed by atoms with Crippen LogP contribution in [0, 0.1) is 0 Å². The first-order valence-electron chi connectivity index (χ1n) is 5.30. The average molecular weight is 298 g/mol. The Kier molecular flexibility index (Phi) is 5.89. The van der Waals surface area contributed by atoms with Crippen LogP contribution in [0.5, 0.6) is 0 Å². The minimum atomic E-state index is 0. The lowest BCUT2D eigenvalue weighted by Gasteiger charge is -2.30.